The molecule has 8 heteroatoms. The van der Waals surface area contributed by atoms with Crippen LogP contribution in [-0.4, -0.2) is 40.3 Å². The van der Waals surface area contributed by atoms with E-state index in [1.54, 1.807) is 18.2 Å². The molecule has 0 N–H and O–H groups in total. The Balaban J connectivity index is 1.99. The van der Waals surface area contributed by atoms with Crippen LogP contribution >= 0.6 is 35.3 Å². The SMILES string of the molecule is CCCC1C(=O)N(COC(=O)c2c(Cl)cccc2Cl)SN1C. The Morgan fingerprint density at radius 3 is 2.59 bits per heavy atom. The fraction of sp³-hybridized carbons (Fsp3) is 0.429. The Morgan fingerprint density at radius 1 is 1.36 bits per heavy atom. The third-order valence-electron chi connectivity index (χ3n) is 3.24. The second kappa shape index (κ2) is 7.55. The van der Waals surface area contributed by atoms with Crippen molar-refractivity contribution in [3.63, 3.8) is 0 Å². The predicted octanol–water partition coefficient (Wildman–Crippen LogP) is 3.61. The molecule has 1 aliphatic heterocycles. The molecule has 1 unspecified atom stereocenters. The molecule has 1 aliphatic rings. The van der Waals surface area contributed by atoms with Crippen molar-refractivity contribution < 1.29 is 14.3 Å². The standard InChI is InChI=1S/C14H16Cl2N2O3S/c1-3-5-11-13(19)18(22-17(11)2)8-21-14(20)12-9(15)6-4-7-10(12)16/h4,6-7,11H,3,5,8H2,1-2H3. The fourth-order valence-corrected chi connectivity index (χ4v) is 3.60. The summed E-state index contributed by atoms with van der Waals surface area (Å²) in [7, 11) is 1.84. The van der Waals surface area contributed by atoms with E-state index in [0.29, 0.717) is 0 Å². The van der Waals surface area contributed by atoms with Gasteiger partial charge in [0.1, 0.15) is 6.04 Å². The average molecular weight is 363 g/mol. The molecular weight excluding hydrogens is 347 g/mol. The summed E-state index contributed by atoms with van der Waals surface area (Å²) in [6.07, 6.45) is 1.67. The van der Waals surface area contributed by atoms with E-state index in [4.69, 9.17) is 27.9 Å². The van der Waals surface area contributed by atoms with E-state index in [-0.39, 0.29) is 34.3 Å². The quantitative estimate of drug-likeness (QED) is 0.591. The number of amides is 1. The first-order chi connectivity index (χ1) is 10.5. The number of likely N-dealkylation sites (N-methyl/N-ethyl adjacent to an activating group) is 1. The molecule has 0 spiro atoms. The van der Waals surface area contributed by atoms with Crippen molar-refractivity contribution in [2.24, 2.45) is 0 Å². The zero-order chi connectivity index (χ0) is 16.3. The van der Waals surface area contributed by atoms with Crippen LogP contribution in [0.3, 0.4) is 0 Å². The number of hydrogen-bond acceptors (Lipinski definition) is 5. The number of carbonyl (C=O) groups excluding carboxylic acids is 2. The van der Waals surface area contributed by atoms with Gasteiger partial charge in [-0.05, 0) is 18.6 Å². The van der Waals surface area contributed by atoms with Crippen molar-refractivity contribution in [1.82, 2.24) is 8.61 Å². The first kappa shape index (κ1) is 17.4. The van der Waals surface area contributed by atoms with Crippen LogP contribution in [0.4, 0.5) is 0 Å². The number of ether oxygens (including phenoxy) is 1. The lowest BCUT2D eigenvalue weighted by Crippen LogP contribution is -2.32. The fourth-order valence-electron chi connectivity index (χ4n) is 2.12. The first-order valence-corrected chi connectivity index (χ1v) is 8.27. The van der Waals surface area contributed by atoms with Crippen LogP contribution in [0.2, 0.25) is 10.0 Å². The highest BCUT2D eigenvalue weighted by atomic mass is 35.5. The normalized spacial score (nSPS) is 18.8. The third-order valence-corrected chi connectivity index (χ3v) is 4.86. The summed E-state index contributed by atoms with van der Waals surface area (Å²) in [6, 6.07) is 4.58. The summed E-state index contributed by atoms with van der Waals surface area (Å²) in [4.78, 5) is 24.3. The molecule has 2 rings (SSSR count). The smallest absolute Gasteiger partial charge is 0.342 e. The van der Waals surface area contributed by atoms with Gasteiger partial charge in [-0.1, -0.05) is 42.6 Å². The van der Waals surface area contributed by atoms with Gasteiger partial charge in [0.15, 0.2) is 6.73 Å². The Hall–Kier alpha value is -0.950. The largest absolute Gasteiger partial charge is 0.440 e. The van der Waals surface area contributed by atoms with Crippen molar-refractivity contribution in [2.45, 2.75) is 25.8 Å². The van der Waals surface area contributed by atoms with Crippen molar-refractivity contribution in [3.8, 4) is 0 Å². The van der Waals surface area contributed by atoms with Gasteiger partial charge < -0.3 is 4.74 Å². The number of benzene rings is 1. The van der Waals surface area contributed by atoms with E-state index >= 15 is 0 Å². The predicted molar refractivity (Wildman–Crippen MR) is 87.6 cm³/mol. The van der Waals surface area contributed by atoms with E-state index in [1.807, 2.05) is 18.3 Å². The molecule has 1 fully saturated rings. The lowest BCUT2D eigenvalue weighted by Gasteiger charge is -2.14. The molecule has 0 aliphatic carbocycles. The van der Waals surface area contributed by atoms with Crippen LogP contribution in [0, 0.1) is 0 Å². The van der Waals surface area contributed by atoms with Gasteiger partial charge in [0.05, 0.1) is 15.6 Å². The second-order valence-electron chi connectivity index (χ2n) is 4.81. The van der Waals surface area contributed by atoms with E-state index in [9.17, 15) is 9.59 Å². The van der Waals surface area contributed by atoms with Crippen molar-refractivity contribution in [2.75, 3.05) is 13.8 Å². The van der Waals surface area contributed by atoms with Gasteiger partial charge in [0.25, 0.3) is 5.91 Å². The minimum Gasteiger partial charge on any atom is -0.440 e. The van der Waals surface area contributed by atoms with Crippen LogP contribution in [0.5, 0.6) is 0 Å². The number of hydrogen-bond donors (Lipinski definition) is 0. The number of halogens is 2. The van der Waals surface area contributed by atoms with Crippen LogP contribution in [0.15, 0.2) is 18.2 Å². The van der Waals surface area contributed by atoms with Crippen LogP contribution < -0.4 is 0 Å². The Kier molecular flexibility index (Phi) is 5.97. The number of carbonyl (C=O) groups is 2. The summed E-state index contributed by atoms with van der Waals surface area (Å²) < 4.78 is 8.45. The van der Waals surface area contributed by atoms with Gasteiger partial charge in [-0.25, -0.2) is 13.4 Å². The zero-order valence-electron chi connectivity index (χ0n) is 12.2. The van der Waals surface area contributed by atoms with Crippen molar-refractivity contribution >= 4 is 47.2 Å². The summed E-state index contributed by atoms with van der Waals surface area (Å²) in [5.41, 5.74) is 0.112. The lowest BCUT2D eigenvalue weighted by molar-refractivity contribution is -0.130. The van der Waals surface area contributed by atoms with Gasteiger partial charge in [0, 0.05) is 19.2 Å². The highest BCUT2D eigenvalue weighted by Crippen LogP contribution is 2.31. The van der Waals surface area contributed by atoms with E-state index < -0.39 is 5.97 Å². The molecule has 0 aromatic heterocycles. The molecule has 0 radical (unpaired) electrons. The summed E-state index contributed by atoms with van der Waals surface area (Å²) in [6.45, 7) is 1.88. The molecule has 1 aromatic rings. The zero-order valence-corrected chi connectivity index (χ0v) is 14.5. The van der Waals surface area contributed by atoms with Crippen LogP contribution in [-0.2, 0) is 9.53 Å². The molecule has 5 nitrogen and oxygen atoms in total. The summed E-state index contributed by atoms with van der Waals surface area (Å²) in [5, 5.41) is 0.442. The monoisotopic (exact) mass is 362 g/mol. The highest BCUT2D eigenvalue weighted by Gasteiger charge is 2.37. The van der Waals surface area contributed by atoms with Crippen LogP contribution in [0.25, 0.3) is 0 Å². The Bertz CT molecular complexity index is 565. The molecule has 120 valence electrons. The molecular formula is C14H16Cl2N2O3S. The number of esters is 1. The molecule has 1 heterocycles. The maximum atomic E-state index is 12.2. The molecule has 1 saturated heterocycles. The van der Waals surface area contributed by atoms with E-state index in [2.05, 4.69) is 0 Å². The topological polar surface area (TPSA) is 49.9 Å². The molecule has 22 heavy (non-hydrogen) atoms. The van der Waals surface area contributed by atoms with E-state index in [0.717, 1.165) is 12.8 Å². The van der Waals surface area contributed by atoms with E-state index in [1.165, 1.54) is 16.4 Å². The Morgan fingerprint density at radius 2 is 2.00 bits per heavy atom. The van der Waals surface area contributed by atoms with Crippen molar-refractivity contribution in [1.29, 1.82) is 0 Å². The third kappa shape index (κ3) is 3.68. The minimum absolute atomic E-state index is 0.0626. The van der Waals surface area contributed by atoms with Gasteiger partial charge >= 0.3 is 5.97 Å². The summed E-state index contributed by atoms with van der Waals surface area (Å²) in [5.74, 6) is -0.710. The van der Waals surface area contributed by atoms with Gasteiger partial charge in [0.2, 0.25) is 0 Å². The molecule has 0 saturated carbocycles. The highest BCUT2D eigenvalue weighted by molar-refractivity contribution is 7.95. The van der Waals surface area contributed by atoms with Crippen LogP contribution in [0.1, 0.15) is 30.1 Å². The lowest BCUT2D eigenvalue weighted by atomic mass is 10.1. The van der Waals surface area contributed by atoms with Gasteiger partial charge in [-0.15, -0.1) is 0 Å². The molecule has 1 atom stereocenters. The summed E-state index contributed by atoms with van der Waals surface area (Å²) >= 11 is 13.2. The maximum Gasteiger partial charge on any atom is 0.342 e. The number of nitrogens with zero attached hydrogens (tertiary/aromatic N) is 2. The number of rotatable bonds is 5. The Labute approximate surface area is 143 Å². The average Bonchev–Trinajstić information content (AvgIpc) is 2.73. The maximum absolute atomic E-state index is 12.2. The molecule has 1 amide bonds. The first-order valence-electron chi connectivity index (χ1n) is 6.79. The van der Waals surface area contributed by atoms with Crippen molar-refractivity contribution in [3.05, 3.63) is 33.8 Å². The van der Waals surface area contributed by atoms with Gasteiger partial charge in [-0.3, -0.25) is 4.79 Å². The minimum atomic E-state index is -0.648. The molecule has 0 bridgehead atoms. The molecule has 1 aromatic carbocycles. The second-order valence-corrected chi connectivity index (χ2v) is 6.80. The van der Waals surface area contributed by atoms with Gasteiger partial charge in [-0.2, -0.15) is 0 Å².